The predicted molar refractivity (Wildman–Crippen MR) is 121 cm³/mol. The quantitative estimate of drug-likeness (QED) is 0.665. The lowest BCUT2D eigenvalue weighted by molar-refractivity contribution is 0.0940. The fourth-order valence-corrected chi connectivity index (χ4v) is 4.17. The minimum Gasteiger partial charge on any atom is -0.355 e. The average Bonchev–Trinajstić information content (AvgIpc) is 3.28. The van der Waals surface area contributed by atoms with Gasteiger partial charge in [0, 0.05) is 36.6 Å². The largest absolute Gasteiger partial charge is 0.355 e. The van der Waals surface area contributed by atoms with Crippen molar-refractivity contribution in [1.82, 2.24) is 15.3 Å². The number of carbonyl (C=O) groups excluding carboxylic acids is 1. The van der Waals surface area contributed by atoms with E-state index in [9.17, 15) is 4.79 Å². The number of anilines is 1. The van der Waals surface area contributed by atoms with Gasteiger partial charge in [-0.15, -0.1) is 0 Å². The molecule has 4 rings (SSSR count). The van der Waals surface area contributed by atoms with Crippen LogP contribution >= 0.6 is 0 Å². The number of hydrogen-bond acceptors (Lipinski definition) is 4. The molecule has 1 aliphatic rings. The van der Waals surface area contributed by atoms with Crippen LogP contribution < -0.4 is 10.2 Å². The molecule has 0 aliphatic carbocycles. The summed E-state index contributed by atoms with van der Waals surface area (Å²) in [6.45, 7) is 8.18. The summed E-state index contributed by atoms with van der Waals surface area (Å²) in [5.74, 6) is 0.812. The van der Waals surface area contributed by atoms with Gasteiger partial charge in [-0.25, -0.2) is 4.98 Å². The second-order valence-corrected chi connectivity index (χ2v) is 8.06. The van der Waals surface area contributed by atoms with E-state index in [-0.39, 0.29) is 11.9 Å². The number of amides is 1. The zero-order valence-electron chi connectivity index (χ0n) is 17.9. The number of benzene rings is 2. The van der Waals surface area contributed by atoms with Crippen molar-refractivity contribution < 1.29 is 4.79 Å². The molecule has 1 aromatic heterocycles. The Hall–Kier alpha value is -3.21. The third-order valence-corrected chi connectivity index (χ3v) is 5.72. The molecule has 1 fully saturated rings. The number of nitrogens with one attached hydrogen (secondary N) is 1. The van der Waals surface area contributed by atoms with Crippen LogP contribution in [0.1, 0.15) is 52.9 Å². The molecule has 0 unspecified atom stereocenters. The van der Waals surface area contributed by atoms with Gasteiger partial charge in [0.05, 0.1) is 6.04 Å². The van der Waals surface area contributed by atoms with E-state index in [1.165, 1.54) is 24.0 Å². The second-order valence-electron chi connectivity index (χ2n) is 8.06. The van der Waals surface area contributed by atoms with Crippen LogP contribution in [-0.4, -0.2) is 29.0 Å². The molecule has 1 saturated heterocycles. The zero-order chi connectivity index (χ0) is 21.1. The first kappa shape index (κ1) is 20.1. The SMILES string of the molecule is Cc1ccc([C@@H](C)NC(=O)c2cccc(-c3nccnc3N3CCCC3)c2)c(C)c1. The molecule has 5 nitrogen and oxygen atoms in total. The summed E-state index contributed by atoms with van der Waals surface area (Å²) >= 11 is 0. The van der Waals surface area contributed by atoms with E-state index in [1.807, 2.05) is 31.2 Å². The molecule has 30 heavy (non-hydrogen) atoms. The van der Waals surface area contributed by atoms with E-state index < -0.39 is 0 Å². The summed E-state index contributed by atoms with van der Waals surface area (Å²) in [4.78, 5) is 24.4. The van der Waals surface area contributed by atoms with Crippen LogP contribution in [0.2, 0.25) is 0 Å². The summed E-state index contributed by atoms with van der Waals surface area (Å²) < 4.78 is 0. The molecule has 0 saturated carbocycles. The maximum atomic E-state index is 13.0. The lowest BCUT2D eigenvalue weighted by Gasteiger charge is -2.19. The molecule has 1 N–H and O–H groups in total. The first-order valence-corrected chi connectivity index (χ1v) is 10.6. The van der Waals surface area contributed by atoms with E-state index in [0.717, 1.165) is 35.7 Å². The average molecular weight is 401 g/mol. The van der Waals surface area contributed by atoms with Gasteiger partial charge in [0.1, 0.15) is 5.69 Å². The Bertz CT molecular complexity index is 1060. The summed E-state index contributed by atoms with van der Waals surface area (Å²) in [7, 11) is 0. The monoisotopic (exact) mass is 400 g/mol. The van der Waals surface area contributed by atoms with Gasteiger partial charge in [0.15, 0.2) is 5.82 Å². The second kappa shape index (κ2) is 8.66. The van der Waals surface area contributed by atoms with Gasteiger partial charge in [-0.3, -0.25) is 9.78 Å². The van der Waals surface area contributed by atoms with Gasteiger partial charge in [-0.05, 0) is 56.9 Å². The molecular weight excluding hydrogens is 372 g/mol. The van der Waals surface area contributed by atoms with Crippen molar-refractivity contribution in [2.75, 3.05) is 18.0 Å². The highest BCUT2D eigenvalue weighted by Gasteiger charge is 2.20. The molecule has 1 atom stereocenters. The lowest BCUT2D eigenvalue weighted by atomic mass is 10.00. The van der Waals surface area contributed by atoms with Crippen LogP contribution in [0, 0.1) is 13.8 Å². The van der Waals surface area contributed by atoms with Crippen molar-refractivity contribution in [2.24, 2.45) is 0 Å². The van der Waals surface area contributed by atoms with Gasteiger partial charge in [0.2, 0.25) is 0 Å². The Kier molecular flexibility index (Phi) is 5.79. The van der Waals surface area contributed by atoms with E-state index in [4.69, 9.17) is 0 Å². The first-order valence-electron chi connectivity index (χ1n) is 10.6. The number of nitrogens with zero attached hydrogens (tertiary/aromatic N) is 3. The summed E-state index contributed by atoms with van der Waals surface area (Å²) in [5.41, 5.74) is 5.91. The summed E-state index contributed by atoms with van der Waals surface area (Å²) in [6, 6.07) is 13.9. The van der Waals surface area contributed by atoms with Crippen molar-refractivity contribution >= 4 is 11.7 Å². The summed E-state index contributed by atoms with van der Waals surface area (Å²) in [6.07, 6.45) is 5.80. The Labute approximate surface area is 178 Å². The zero-order valence-corrected chi connectivity index (χ0v) is 17.9. The van der Waals surface area contributed by atoms with Crippen molar-refractivity contribution in [2.45, 2.75) is 39.7 Å². The van der Waals surface area contributed by atoms with Gasteiger partial charge in [-0.1, -0.05) is 35.9 Å². The van der Waals surface area contributed by atoms with Gasteiger partial charge in [0.25, 0.3) is 5.91 Å². The molecule has 1 aliphatic heterocycles. The van der Waals surface area contributed by atoms with Crippen LogP contribution in [-0.2, 0) is 0 Å². The Morgan fingerprint density at radius 2 is 1.80 bits per heavy atom. The standard InChI is InChI=1S/C25H28N4O/c1-17-9-10-22(18(2)15-17)19(3)28-25(30)21-8-6-7-20(16-21)23-24(27-12-11-26-23)29-13-4-5-14-29/h6-12,15-16,19H,4-5,13-14H2,1-3H3,(H,28,30)/t19-/m1/s1. The van der Waals surface area contributed by atoms with Crippen LogP contribution in [0.15, 0.2) is 54.9 Å². The van der Waals surface area contributed by atoms with Gasteiger partial charge < -0.3 is 10.2 Å². The van der Waals surface area contributed by atoms with E-state index in [1.54, 1.807) is 12.4 Å². The summed E-state index contributed by atoms with van der Waals surface area (Å²) in [5, 5.41) is 3.14. The number of aryl methyl sites for hydroxylation is 2. The van der Waals surface area contributed by atoms with Crippen molar-refractivity contribution in [3.63, 3.8) is 0 Å². The minimum absolute atomic E-state index is 0.0709. The Morgan fingerprint density at radius 1 is 1.03 bits per heavy atom. The van der Waals surface area contributed by atoms with Crippen LogP contribution in [0.5, 0.6) is 0 Å². The third-order valence-electron chi connectivity index (χ3n) is 5.72. The van der Waals surface area contributed by atoms with Crippen molar-refractivity contribution in [3.05, 3.63) is 77.1 Å². The molecule has 0 spiro atoms. The van der Waals surface area contributed by atoms with Crippen LogP contribution in [0.3, 0.4) is 0 Å². The van der Waals surface area contributed by atoms with E-state index in [2.05, 4.69) is 52.2 Å². The number of aromatic nitrogens is 2. The normalized spacial score (nSPS) is 14.6. The lowest BCUT2D eigenvalue weighted by Crippen LogP contribution is -2.27. The molecule has 154 valence electrons. The molecule has 1 amide bonds. The third kappa shape index (κ3) is 4.20. The predicted octanol–water partition coefficient (Wildman–Crippen LogP) is 4.85. The van der Waals surface area contributed by atoms with Gasteiger partial charge >= 0.3 is 0 Å². The molecule has 3 aromatic rings. The highest BCUT2D eigenvalue weighted by atomic mass is 16.1. The molecule has 0 radical (unpaired) electrons. The Morgan fingerprint density at radius 3 is 2.57 bits per heavy atom. The molecular formula is C25H28N4O. The first-order chi connectivity index (χ1) is 14.5. The molecule has 5 heteroatoms. The molecule has 2 heterocycles. The van der Waals surface area contributed by atoms with Crippen molar-refractivity contribution in [3.8, 4) is 11.3 Å². The maximum absolute atomic E-state index is 13.0. The topological polar surface area (TPSA) is 58.1 Å². The van der Waals surface area contributed by atoms with Crippen molar-refractivity contribution in [1.29, 1.82) is 0 Å². The highest BCUT2D eigenvalue weighted by molar-refractivity contribution is 5.96. The smallest absolute Gasteiger partial charge is 0.251 e. The fourth-order valence-electron chi connectivity index (χ4n) is 4.17. The maximum Gasteiger partial charge on any atom is 0.251 e. The highest BCUT2D eigenvalue weighted by Crippen LogP contribution is 2.29. The van der Waals surface area contributed by atoms with Gasteiger partial charge in [-0.2, -0.15) is 0 Å². The van der Waals surface area contributed by atoms with Crippen LogP contribution in [0.4, 0.5) is 5.82 Å². The number of hydrogen-bond donors (Lipinski definition) is 1. The number of carbonyl (C=O) groups is 1. The van der Waals surface area contributed by atoms with Crippen LogP contribution in [0.25, 0.3) is 11.3 Å². The van der Waals surface area contributed by atoms with E-state index in [0.29, 0.717) is 5.56 Å². The number of rotatable bonds is 5. The minimum atomic E-state index is -0.0871. The molecule has 2 aromatic carbocycles. The molecule has 0 bridgehead atoms. The van der Waals surface area contributed by atoms with E-state index >= 15 is 0 Å². The Balaban J connectivity index is 1.57. The fraction of sp³-hybridized carbons (Fsp3) is 0.320.